The lowest BCUT2D eigenvalue weighted by Crippen LogP contribution is -2.40. The molecule has 3 rings (SSSR count). The Morgan fingerprint density at radius 3 is 2.46 bits per heavy atom. The number of carbonyl (C=O) groups is 2. The van der Waals surface area contributed by atoms with Gasteiger partial charge in [0.15, 0.2) is 0 Å². The largest absolute Gasteiger partial charge is 0.346 e. The lowest BCUT2D eigenvalue weighted by Gasteiger charge is -2.20. The molecule has 3 amide bonds. The highest BCUT2D eigenvalue weighted by atomic mass is 16.2. The molecule has 1 aliphatic rings. The zero-order valence-corrected chi connectivity index (χ0v) is 14.1. The van der Waals surface area contributed by atoms with Gasteiger partial charge in [-0.2, -0.15) is 10.2 Å². The Morgan fingerprint density at radius 1 is 1.21 bits per heavy atom. The van der Waals surface area contributed by atoms with E-state index in [1.165, 1.54) is 6.21 Å². The molecule has 1 aromatic heterocycles. The number of hydrogen-bond acceptors (Lipinski definition) is 4. The summed E-state index contributed by atoms with van der Waals surface area (Å²) in [6.45, 7) is 5.44. The van der Waals surface area contributed by atoms with Gasteiger partial charge in [-0.3, -0.25) is 9.48 Å². The fourth-order valence-corrected chi connectivity index (χ4v) is 2.79. The summed E-state index contributed by atoms with van der Waals surface area (Å²) in [5.41, 5.74) is 2.10. The first kappa shape index (κ1) is 15.9. The molecule has 1 saturated heterocycles. The van der Waals surface area contributed by atoms with E-state index < -0.39 is 17.5 Å². The summed E-state index contributed by atoms with van der Waals surface area (Å²) in [5, 5.41) is 12.0. The Labute approximate surface area is 140 Å². The number of imide groups is 1. The normalized spacial score (nSPS) is 20.9. The molecule has 124 valence electrons. The molecule has 2 heterocycles. The van der Waals surface area contributed by atoms with Crippen molar-refractivity contribution in [3.63, 3.8) is 0 Å². The molecular weight excluding hydrogens is 306 g/mol. The standard InChI is InChI=1S/C17H19N5O2/c1-11-14(12(2)21(4)20-11)10-18-22-15(23)17(3,19-16(22)24)13-8-6-5-7-9-13/h5-10H,1-4H3,(H,19,24)/t17-/m0/s1. The number of hydrogen-bond donors (Lipinski definition) is 1. The van der Waals surface area contributed by atoms with Gasteiger partial charge in [-0.05, 0) is 26.3 Å². The van der Waals surface area contributed by atoms with Crippen LogP contribution in [-0.2, 0) is 17.4 Å². The summed E-state index contributed by atoms with van der Waals surface area (Å²) < 4.78 is 1.73. The van der Waals surface area contributed by atoms with Crippen molar-refractivity contribution in [2.24, 2.45) is 12.1 Å². The van der Waals surface area contributed by atoms with Crippen molar-refractivity contribution in [1.29, 1.82) is 0 Å². The maximum Gasteiger partial charge on any atom is 0.346 e. The van der Waals surface area contributed by atoms with Crippen LogP contribution in [-0.4, -0.2) is 32.9 Å². The fourth-order valence-electron chi connectivity index (χ4n) is 2.79. The van der Waals surface area contributed by atoms with Gasteiger partial charge in [0.2, 0.25) is 0 Å². The van der Waals surface area contributed by atoms with Gasteiger partial charge in [0.1, 0.15) is 5.54 Å². The summed E-state index contributed by atoms with van der Waals surface area (Å²) in [6, 6.07) is 8.59. The molecule has 7 heteroatoms. The second-order valence-electron chi connectivity index (χ2n) is 5.99. The highest BCUT2D eigenvalue weighted by molar-refractivity contribution is 6.07. The van der Waals surface area contributed by atoms with E-state index in [4.69, 9.17) is 0 Å². The molecule has 0 unspecified atom stereocenters. The van der Waals surface area contributed by atoms with E-state index in [0.29, 0.717) is 0 Å². The Bertz CT molecular complexity index is 840. The van der Waals surface area contributed by atoms with Crippen LogP contribution in [0.3, 0.4) is 0 Å². The zero-order chi connectivity index (χ0) is 17.5. The molecule has 24 heavy (non-hydrogen) atoms. The lowest BCUT2D eigenvalue weighted by atomic mass is 9.92. The van der Waals surface area contributed by atoms with Crippen LogP contribution in [0.2, 0.25) is 0 Å². The first-order valence-corrected chi connectivity index (χ1v) is 7.61. The number of nitrogens with zero attached hydrogens (tertiary/aromatic N) is 4. The average molecular weight is 325 g/mol. The smallest absolute Gasteiger partial charge is 0.318 e. The van der Waals surface area contributed by atoms with Crippen LogP contribution in [0.25, 0.3) is 0 Å². The van der Waals surface area contributed by atoms with E-state index in [-0.39, 0.29) is 0 Å². The molecule has 2 aromatic rings. The average Bonchev–Trinajstić information content (AvgIpc) is 2.93. The second-order valence-corrected chi connectivity index (χ2v) is 5.99. The lowest BCUT2D eigenvalue weighted by molar-refractivity contribution is -0.131. The van der Waals surface area contributed by atoms with E-state index in [1.807, 2.05) is 39.1 Å². The summed E-state index contributed by atoms with van der Waals surface area (Å²) >= 11 is 0. The zero-order valence-electron chi connectivity index (χ0n) is 14.1. The number of rotatable bonds is 3. The number of benzene rings is 1. The summed E-state index contributed by atoms with van der Waals surface area (Å²) in [6.07, 6.45) is 1.51. The van der Waals surface area contributed by atoms with Gasteiger partial charge in [0.05, 0.1) is 11.9 Å². The van der Waals surface area contributed by atoms with Gasteiger partial charge in [0, 0.05) is 18.3 Å². The molecule has 1 N–H and O–H groups in total. The van der Waals surface area contributed by atoms with Gasteiger partial charge in [-0.25, -0.2) is 4.79 Å². The highest BCUT2D eigenvalue weighted by Gasteiger charge is 2.49. The molecule has 0 saturated carbocycles. The SMILES string of the molecule is Cc1nn(C)c(C)c1C=NN1C(=O)N[C@@](C)(c2ccccc2)C1=O. The van der Waals surface area contributed by atoms with E-state index in [2.05, 4.69) is 15.5 Å². The number of hydrazone groups is 1. The molecule has 0 aliphatic carbocycles. The van der Waals surface area contributed by atoms with Crippen molar-refractivity contribution in [3.8, 4) is 0 Å². The third-order valence-corrected chi connectivity index (χ3v) is 4.39. The van der Waals surface area contributed by atoms with Crippen LogP contribution < -0.4 is 5.32 Å². The van der Waals surface area contributed by atoms with Crippen LogP contribution in [0.1, 0.15) is 29.4 Å². The minimum absolute atomic E-state index is 0.408. The number of carbonyl (C=O) groups excluding carboxylic acids is 2. The molecule has 1 aromatic carbocycles. The first-order chi connectivity index (χ1) is 11.3. The van der Waals surface area contributed by atoms with Crippen molar-refractivity contribution in [2.45, 2.75) is 26.3 Å². The van der Waals surface area contributed by atoms with Gasteiger partial charge >= 0.3 is 6.03 Å². The minimum Gasteiger partial charge on any atom is -0.318 e. The Morgan fingerprint density at radius 2 is 1.88 bits per heavy atom. The molecule has 1 fully saturated rings. The van der Waals surface area contributed by atoms with Crippen molar-refractivity contribution in [2.75, 3.05) is 0 Å². The minimum atomic E-state index is -1.12. The second kappa shape index (κ2) is 5.59. The van der Waals surface area contributed by atoms with Crippen LogP contribution in [0.15, 0.2) is 35.4 Å². The van der Waals surface area contributed by atoms with Gasteiger partial charge < -0.3 is 5.32 Å². The topological polar surface area (TPSA) is 79.6 Å². The monoisotopic (exact) mass is 325 g/mol. The molecule has 0 radical (unpaired) electrons. The summed E-state index contributed by atoms with van der Waals surface area (Å²) in [5.74, 6) is -0.408. The van der Waals surface area contributed by atoms with Crippen molar-refractivity contribution < 1.29 is 9.59 Å². The predicted octanol–water partition coefficient (Wildman–Crippen LogP) is 1.84. The third-order valence-electron chi connectivity index (χ3n) is 4.39. The van der Waals surface area contributed by atoms with Crippen molar-refractivity contribution >= 4 is 18.2 Å². The fraction of sp³-hybridized carbons (Fsp3) is 0.294. The summed E-state index contributed by atoms with van der Waals surface area (Å²) in [7, 11) is 1.83. The maximum absolute atomic E-state index is 12.7. The maximum atomic E-state index is 12.7. The molecule has 7 nitrogen and oxygen atoms in total. The number of amides is 3. The summed E-state index contributed by atoms with van der Waals surface area (Å²) in [4.78, 5) is 25.0. The van der Waals surface area contributed by atoms with Crippen LogP contribution in [0.5, 0.6) is 0 Å². The molecule has 1 atom stereocenters. The van der Waals surface area contributed by atoms with Crippen molar-refractivity contribution in [3.05, 3.63) is 52.8 Å². The highest BCUT2D eigenvalue weighted by Crippen LogP contribution is 2.28. The molecule has 0 bridgehead atoms. The van der Waals surface area contributed by atoms with Crippen LogP contribution in [0, 0.1) is 13.8 Å². The molecule has 1 aliphatic heterocycles. The van der Waals surface area contributed by atoms with E-state index >= 15 is 0 Å². The molecular formula is C17H19N5O2. The Balaban J connectivity index is 1.92. The number of aromatic nitrogens is 2. The number of nitrogens with one attached hydrogen (secondary N) is 1. The predicted molar refractivity (Wildman–Crippen MR) is 89.4 cm³/mol. The van der Waals surface area contributed by atoms with E-state index in [1.54, 1.807) is 23.7 Å². The van der Waals surface area contributed by atoms with Gasteiger partial charge in [-0.15, -0.1) is 5.01 Å². The van der Waals surface area contributed by atoms with Crippen LogP contribution in [0.4, 0.5) is 4.79 Å². The van der Waals surface area contributed by atoms with E-state index in [9.17, 15) is 9.59 Å². The number of aryl methyl sites for hydroxylation is 2. The third kappa shape index (κ3) is 2.38. The number of urea groups is 1. The Kier molecular flexibility index (Phi) is 3.71. The van der Waals surface area contributed by atoms with Crippen molar-refractivity contribution in [1.82, 2.24) is 20.1 Å². The quantitative estimate of drug-likeness (QED) is 0.691. The van der Waals surface area contributed by atoms with Gasteiger partial charge in [-0.1, -0.05) is 30.3 Å². The van der Waals surface area contributed by atoms with Gasteiger partial charge in [0.25, 0.3) is 5.91 Å². The molecule has 0 spiro atoms. The van der Waals surface area contributed by atoms with Crippen LogP contribution >= 0.6 is 0 Å². The Hall–Kier alpha value is -2.96. The van der Waals surface area contributed by atoms with E-state index in [0.717, 1.165) is 27.5 Å². The first-order valence-electron chi connectivity index (χ1n) is 7.61.